The second kappa shape index (κ2) is 5.92. The van der Waals surface area contributed by atoms with Crippen LogP contribution < -0.4 is 10.6 Å². The molecule has 0 bridgehead atoms. The third kappa shape index (κ3) is 3.65. The van der Waals surface area contributed by atoms with E-state index in [1.165, 1.54) is 6.20 Å². The van der Waals surface area contributed by atoms with Crippen molar-refractivity contribution in [2.24, 2.45) is 0 Å². The minimum absolute atomic E-state index is 0.272. The summed E-state index contributed by atoms with van der Waals surface area (Å²) < 4.78 is 0. The Labute approximate surface area is 132 Å². The number of pyridine rings is 1. The van der Waals surface area contributed by atoms with Gasteiger partial charge in [-0.3, -0.25) is 9.78 Å². The fourth-order valence-corrected chi connectivity index (χ4v) is 2.23. The molecule has 21 heavy (non-hydrogen) atoms. The lowest BCUT2D eigenvalue weighted by molar-refractivity contribution is 0.102. The van der Waals surface area contributed by atoms with Crippen LogP contribution in [-0.2, 0) is 0 Å². The van der Waals surface area contributed by atoms with Crippen LogP contribution in [-0.4, -0.2) is 16.9 Å². The molecule has 2 aromatic rings. The van der Waals surface area contributed by atoms with E-state index < -0.39 is 0 Å². The number of carbonyl (C=O) groups is 1. The molecule has 0 radical (unpaired) electrons. The second-order valence-electron chi connectivity index (χ2n) is 4.96. The Kier molecular flexibility index (Phi) is 3.99. The normalized spacial score (nSPS) is 13.8. The lowest BCUT2D eigenvalue weighted by Gasteiger charge is -2.09. The summed E-state index contributed by atoms with van der Waals surface area (Å²) in [6.07, 6.45) is 5.55. The number of anilines is 2. The van der Waals surface area contributed by atoms with E-state index in [0.717, 1.165) is 18.5 Å². The van der Waals surface area contributed by atoms with Gasteiger partial charge in [-0.2, -0.15) is 0 Å². The lowest BCUT2D eigenvalue weighted by atomic mass is 10.2. The van der Waals surface area contributed by atoms with E-state index in [1.54, 1.807) is 30.5 Å². The molecular formula is C15H13Cl2N3O. The van der Waals surface area contributed by atoms with E-state index in [1.807, 2.05) is 0 Å². The van der Waals surface area contributed by atoms with E-state index in [2.05, 4.69) is 15.6 Å². The Hall–Kier alpha value is -1.78. The molecule has 0 aliphatic heterocycles. The van der Waals surface area contributed by atoms with Gasteiger partial charge in [0.25, 0.3) is 5.91 Å². The fourth-order valence-electron chi connectivity index (χ4n) is 1.89. The van der Waals surface area contributed by atoms with Crippen LogP contribution in [0.25, 0.3) is 0 Å². The van der Waals surface area contributed by atoms with Crippen molar-refractivity contribution in [3.05, 3.63) is 52.3 Å². The van der Waals surface area contributed by atoms with Gasteiger partial charge in [-0.15, -0.1) is 0 Å². The quantitative estimate of drug-likeness (QED) is 0.886. The van der Waals surface area contributed by atoms with Gasteiger partial charge in [0.15, 0.2) is 0 Å². The van der Waals surface area contributed by atoms with Crippen LogP contribution in [0.2, 0.25) is 10.0 Å². The molecule has 0 atom stereocenters. The highest BCUT2D eigenvalue weighted by molar-refractivity contribution is 6.35. The van der Waals surface area contributed by atoms with E-state index in [-0.39, 0.29) is 5.91 Å². The van der Waals surface area contributed by atoms with Crippen LogP contribution in [0.1, 0.15) is 23.2 Å². The molecule has 0 spiro atoms. The van der Waals surface area contributed by atoms with Gasteiger partial charge < -0.3 is 10.6 Å². The first kappa shape index (κ1) is 14.2. The van der Waals surface area contributed by atoms with Crippen LogP contribution in [0.5, 0.6) is 0 Å². The number of nitrogens with zero attached hydrogens (tertiary/aromatic N) is 1. The van der Waals surface area contributed by atoms with Crippen LogP contribution >= 0.6 is 23.2 Å². The van der Waals surface area contributed by atoms with Crippen molar-refractivity contribution >= 4 is 40.5 Å². The van der Waals surface area contributed by atoms with Gasteiger partial charge in [-0.05, 0) is 37.1 Å². The van der Waals surface area contributed by atoms with Crippen molar-refractivity contribution < 1.29 is 4.79 Å². The SMILES string of the molecule is O=C(Nc1cc(Cl)ccc1Cl)c1cncc(NC2CC2)c1. The minimum Gasteiger partial charge on any atom is -0.381 e. The maximum atomic E-state index is 12.3. The summed E-state index contributed by atoms with van der Waals surface area (Å²) in [6.45, 7) is 0. The Morgan fingerprint density at radius 2 is 2.00 bits per heavy atom. The summed E-state index contributed by atoms with van der Waals surface area (Å²) in [5.41, 5.74) is 1.80. The standard InChI is InChI=1S/C15H13Cl2N3O/c16-10-1-4-13(17)14(6-10)20-15(21)9-5-12(8-18-7-9)19-11-2-3-11/h1,4-8,11,19H,2-3H2,(H,20,21). The molecule has 1 amide bonds. The largest absolute Gasteiger partial charge is 0.381 e. The van der Waals surface area contributed by atoms with Crippen molar-refractivity contribution in [1.29, 1.82) is 0 Å². The smallest absolute Gasteiger partial charge is 0.257 e. The van der Waals surface area contributed by atoms with Crippen molar-refractivity contribution in [2.45, 2.75) is 18.9 Å². The molecule has 3 rings (SSSR count). The number of hydrogen-bond acceptors (Lipinski definition) is 3. The van der Waals surface area contributed by atoms with Crippen molar-refractivity contribution in [1.82, 2.24) is 4.98 Å². The zero-order chi connectivity index (χ0) is 14.8. The predicted octanol–water partition coefficient (Wildman–Crippen LogP) is 4.22. The second-order valence-corrected chi connectivity index (χ2v) is 5.80. The topological polar surface area (TPSA) is 54.0 Å². The number of rotatable bonds is 4. The van der Waals surface area contributed by atoms with E-state index in [4.69, 9.17) is 23.2 Å². The number of hydrogen-bond donors (Lipinski definition) is 2. The first-order chi connectivity index (χ1) is 10.1. The van der Waals surface area contributed by atoms with Gasteiger partial charge >= 0.3 is 0 Å². The molecule has 1 aliphatic rings. The number of nitrogens with one attached hydrogen (secondary N) is 2. The third-order valence-electron chi connectivity index (χ3n) is 3.13. The number of aromatic nitrogens is 1. The highest BCUT2D eigenvalue weighted by Gasteiger charge is 2.21. The molecule has 1 aliphatic carbocycles. The Bertz CT molecular complexity index is 686. The molecule has 1 aromatic heterocycles. The van der Waals surface area contributed by atoms with Crippen LogP contribution in [0.3, 0.4) is 0 Å². The summed E-state index contributed by atoms with van der Waals surface area (Å²) in [5.74, 6) is -0.272. The zero-order valence-electron chi connectivity index (χ0n) is 11.1. The van der Waals surface area contributed by atoms with Crippen LogP contribution in [0.15, 0.2) is 36.7 Å². The number of benzene rings is 1. The van der Waals surface area contributed by atoms with Crippen molar-refractivity contribution in [2.75, 3.05) is 10.6 Å². The molecule has 2 N–H and O–H groups in total. The summed E-state index contributed by atoms with van der Waals surface area (Å²) in [5, 5.41) is 7.00. The van der Waals surface area contributed by atoms with Crippen LogP contribution in [0, 0.1) is 0 Å². The van der Waals surface area contributed by atoms with Crippen molar-refractivity contribution in [3.8, 4) is 0 Å². The zero-order valence-corrected chi connectivity index (χ0v) is 12.6. The van der Waals surface area contributed by atoms with E-state index >= 15 is 0 Å². The molecule has 1 fully saturated rings. The lowest BCUT2D eigenvalue weighted by Crippen LogP contribution is -2.13. The van der Waals surface area contributed by atoms with E-state index in [9.17, 15) is 4.79 Å². The molecular weight excluding hydrogens is 309 g/mol. The van der Waals surface area contributed by atoms with Gasteiger partial charge in [-0.25, -0.2) is 0 Å². The molecule has 1 saturated carbocycles. The summed E-state index contributed by atoms with van der Waals surface area (Å²) in [7, 11) is 0. The first-order valence-corrected chi connectivity index (χ1v) is 7.35. The number of amides is 1. The predicted molar refractivity (Wildman–Crippen MR) is 85.3 cm³/mol. The van der Waals surface area contributed by atoms with Gasteiger partial charge in [-0.1, -0.05) is 23.2 Å². The number of carbonyl (C=O) groups excluding carboxylic acids is 1. The Morgan fingerprint density at radius 1 is 1.19 bits per heavy atom. The van der Waals surface area contributed by atoms with Gasteiger partial charge in [0.1, 0.15) is 0 Å². The first-order valence-electron chi connectivity index (χ1n) is 6.60. The molecule has 4 nitrogen and oxygen atoms in total. The van der Waals surface area contributed by atoms with E-state index in [0.29, 0.717) is 27.3 Å². The highest BCUT2D eigenvalue weighted by atomic mass is 35.5. The Balaban J connectivity index is 1.76. The number of halogens is 2. The van der Waals surface area contributed by atoms with Crippen molar-refractivity contribution in [3.63, 3.8) is 0 Å². The third-order valence-corrected chi connectivity index (χ3v) is 3.69. The maximum absolute atomic E-state index is 12.3. The molecule has 1 heterocycles. The Morgan fingerprint density at radius 3 is 2.76 bits per heavy atom. The monoisotopic (exact) mass is 321 g/mol. The molecule has 0 saturated heterocycles. The summed E-state index contributed by atoms with van der Waals surface area (Å²) >= 11 is 11.9. The van der Waals surface area contributed by atoms with Crippen LogP contribution in [0.4, 0.5) is 11.4 Å². The average molecular weight is 322 g/mol. The van der Waals surface area contributed by atoms with Gasteiger partial charge in [0, 0.05) is 23.5 Å². The molecule has 108 valence electrons. The molecule has 1 aromatic carbocycles. The average Bonchev–Trinajstić information content (AvgIpc) is 3.27. The fraction of sp³-hybridized carbons (Fsp3) is 0.200. The summed E-state index contributed by atoms with van der Waals surface area (Å²) in [4.78, 5) is 16.3. The minimum atomic E-state index is -0.272. The molecule has 6 heteroatoms. The van der Waals surface area contributed by atoms with Gasteiger partial charge in [0.2, 0.25) is 0 Å². The molecule has 0 unspecified atom stereocenters. The maximum Gasteiger partial charge on any atom is 0.257 e. The van der Waals surface area contributed by atoms with Gasteiger partial charge in [0.05, 0.1) is 22.0 Å². The summed E-state index contributed by atoms with van der Waals surface area (Å²) in [6, 6.07) is 7.21. The highest BCUT2D eigenvalue weighted by Crippen LogP contribution is 2.27.